The van der Waals surface area contributed by atoms with Crippen molar-refractivity contribution in [1.82, 2.24) is 4.42 Å². The van der Waals surface area contributed by atoms with Crippen molar-refractivity contribution in [3.8, 4) is 0 Å². The van der Waals surface area contributed by atoms with E-state index in [1.807, 2.05) is 0 Å². The van der Waals surface area contributed by atoms with Crippen molar-refractivity contribution in [2.75, 3.05) is 6.54 Å². The van der Waals surface area contributed by atoms with Gasteiger partial charge in [0.25, 0.3) is 0 Å². The molecule has 8 heavy (non-hydrogen) atoms. The summed E-state index contributed by atoms with van der Waals surface area (Å²) in [5.74, 6) is 0.544. The molecule has 0 saturated heterocycles. The molecular formula is C4H6ClN3. The number of aliphatic imine (C=N–C) groups is 1. The fourth-order valence-corrected chi connectivity index (χ4v) is 0.623. The van der Waals surface area contributed by atoms with Crippen LogP contribution in [0, 0.1) is 0 Å². The summed E-state index contributed by atoms with van der Waals surface area (Å²) in [6.45, 7) is 0.512. The third kappa shape index (κ3) is 1.13. The van der Waals surface area contributed by atoms with Gasteiger partial charge in [-0.25, -0.2) is 4.99 Å². The van der Waals surface area contributed by atoms with Gasteiger partial charge in [0.2, 0.25) is 0 Å². The second kappa shape index (κ2) is 2.05. The average Bonchev–Trinajstić information content (AvgIpc) is 1.64. The van der Waals surface area contributed by atoms with Crippen LogP contribution in [0.15, 0.2) is 17.4 Å². The summed E-state index contributed by atoms with van der Waals surface area (Å²) in [5, 5.41) is 0. The molecule has 3 nitrogen and oxygen atoms in total. The normalized spacial score (nSPS) is 18.6. The summed E-state index contributed by atoms with van der Waals surface area (Å²) in [6, 6.07) is 0. The molecule has 0 aromatic rings. The second-order valence-electron chi connectivity index (χ2n) is 1.48. The molecule has 1 aliphatic rings. The molecule has 0 amide bonds. The van der Waals surface area contributed by atoms with E-state index in [1.165, 1.54) is 4.42 Å². The number of hydrogen-bond donors (Lipinski definition) is 1. The number of nitrogens with zero attached hydrogens (tertiary/aromatic N) is 2. The van der Waals surface area contributed by atoms with Gasteiger partial charge in [0.05, 0.1) is 6.54 Å². The van der Waals surface area contributed by atoms with Crippen LogP contribution in [0.2, 0.25) is 0 Å². The lowest BCUT2D eigenvalue weighted by Gasteiger charge is -2.11. The van der Waals surface area contributed by atoms with E-state index in [2.05, 4.69) is 4.99 Å². The molecule has 44 valence electrons. The van der Waals surface area contributed by atoms with Gasteiger partial charge in [0.15, 0.2) is 0 Å². The lowest BCUT2D eigenvalue weighted by atomic mass is 10.5. The summed E-state index contributed by atoms with van der Waals surface area (Å²) in [4.78, 5) is 3.77. The Labute approximate surface area is 52.5 Å². The van der Waals surface area contributed by atoms with Crippen molar-refractivity contribution in [2.24, 2.45) is 10.7 Å². The Balaban J connectivity index is 2.59. The maximum atomic E-state index is 5.50. The van der Waals surface area contributed by atoms with Crippen molar-refractivity contribution >= 4 is 17.6 Å². The molecule has 0 spiro atoms. The molecule has 2 N–H and O–H groups in total. The van der Waals surface area contributed by atoms with E-state index in [0.29, 0.717) is 12.4 Å². The van der Waals surface area contributed by atoms with E-state index in [-0.39, 0.29) is 0 Å². The molecule has 0 atom stereocenters. The maximum Gasteiger partial charge on any atom is 0.120 e. The summed E-state index contributed by atoms with van der Waals surface area (Å²) in [7, 11) is 0. The van der Waals surface area contributed by atoms with Crippen molar-refractivity contribution in [1.29, 1.82) is 0 Å². The fourth-order valence-electron chi connectivity index (χ4n) is 0.450. The molecule has 0 fully saturated rings. The van der Waals surface area contributed by atoms with E-state index in [9.17, 15) is 0 Å². The molecule has 0 unspecified atom stereocenters. The number of hydrogen-bond acceptors (Lipinski definition) is 3. The van der Waals surface area contributed by atoms with Gasteiger partial charge in [-0.05, 0) is 0 Å². The molecule has 1 rings (SSSR count). The lowest BCUT2D eigenvalue weighted by molar-refractivity contribution is 0.682. The van der Waals surface area contributed by atoms with Crippen LogP contribution in [0.5, 0.6) is 0 Å². The van der Waals surface area contributed by atoms with Crippen LogP contribution < -0.4 is 5.73 Å². The molecular weight excluding hydrogens is 126 g/mol. The van der Waals surface area contributed by atoms with Crippen molar-refractivity contribution < 1.29 is 0 Å². The van der Waals surface area contributed by atoms with Crippen LogP contribution in [-0.4, -0.2) is 16.8 Å². The van der Waals surface area contributed by atoms with E-state index in [4.69, 9.17) is 17.5 Å². The van der Waals surface area contributed by atoms with Gasteiger partial charge in [0, 0.05) is 24.2 Å². The van der Waals surface area contributed by atoms with Crippen LogP contribution in [0.25, 0.3) is 0 Å². The van der Waals surface area contributed by atoms with Gasteiger partial charge in [-0.1, -0.05) is 0 Å². The minimum atomic E-state index is 0.512. The molecule has 0 aromatic heterocycles. The minimum Gasteiger partial charge on any atom is -0.386 e. The van der Waals surface area contributed by atoms with E-state index < -0.39 is 0 Å². The van der Waals surface area contributed by atoms with Crippen molar-refractivity contribution in [2.45, 2.75) is 0 Å². The topological polar surface area (TPSA) is 41.6 Å². The molecule has 0 aromatic carbocycles. The molecule has 0 aliphatic carbocycles. The van der Waals surface area contributed by atoms with Crippen molar-refractivity contribution in [3.05, 3.63) is 12.4 Å². The smallest absolute Gasteiger partial charge is 0.120 e. The number of rotatable bonds is 0. The average molecular weight is 132 g/mol. The fraction of sp³-hybridized carbons (Fsp3) is 0.250. The van der Waals surface area contributed by atoms with Gasteiger partial charge in [0.1, 0.15) is 5.84 Å². The third-order valence-electron chi connectivity index (χ3n) is 0.782. The number of amidine groups is 1. The Morgan fingerprint density at radius 2 is 2.62 bits per heavy atom. The zero-order chi connectivity index (χ0) is 5.98. The highest BCUT2D eigenvalue weighted by Gasteiger charge is 1.99. The van der Waals surface area contributed by atoms with Gasteiger partial charge in [-0.2, -0.15) is 0 Å². The zero-order valence-corrected chi connectivity index (χ0v) is 4.97. The number of halogens is 1. The van der Waals surface area contributed by atoms with Gasteiger partial charge < -0.3 is 5.73 Å². The van der Waals surface area contributed by atoms with Crippen LogP contribution >= 0.6 is 11.8 Å². The predicted octanol–water partition coefficient (Wildman–Crippen LogP) is 0.284. The highest BCUT2D eigenvalue weighted by molar-refractivity contribution is 6.15. The van der Waals surface area contributed by atoms with Gasteiger partial charge >= 0.3 is 0 Å². The van der Waals surface area contributed by atoms with E-state index >= 15 is 0 Å². The zero-order valence-electron chi connectivity index (χ0n) is 4.21. The molecule has 1 aliphatic heterocycles. The van der Waals surface area contributed by atoms with Crippen LogP contribution in [0.3, 0.4) is 0 Å². The first-order valence-corrected chi connectivity index (χ1v) is 2.54. The Hall–Kier alpha value is -0.700. The van der Waals surface area contributed by atoms with Gasteiger partial charge in [-0.3, -0.25) is 4.42 Å². The summed E-state index contributed by atoms with van der Waals surface area (Å²) in [5.41, 5.74) is 5.30. The monoisotopic (exact) mass is 131 g/mol. The third-order valence-corrected chi connectivity index (χ3v) is 1.01. The summed E-state index contributed by atoms with van der Waals surface area (Å²) < 4.78 is 1.45. The Morgan fingerprint density at radius 3 is 3.00 bits per heavy atom. The maximum absolute atomic E-state index is 5.50. The van der Waals surface area contributed by atoms with E-state index in [0.717, 1.165) is 0 Å². The van der Waals surface area contributed by atoms with Gasteiger partial charge in [-0.15, -0.1) is 0 Å². The minimum absolute atomic E-state index is 0.512. The van der Waals surface area contributed by atoms with E-state index in [1.54, 1.807) is 12.4 Å². The van der Waals surface area contributed by atoms with Crippen molar-refractivity contribution in [3.63, 3.8) is 0 Å². The standard InChI is InChI=1S/C4H6ClN3/c5-8-2-1-7-4(6)3-8/h1-2H,3H2,(H2,6,7). The highest BCUT2D eigenvalue weighted by Crippen LogP contribution is 1.98. The second-order valence-corrected chi connectivity index (χ2v) is 1.91. The van der Waals surface area contributed by atoms with Crippen LogP contribution in [0.4, 0.5) is 0 Å². The first-order valence-electron chi connectivity index (χ1n) is 2.20. The molecule has 4 heteroatoms. The molecule has 0 radical (unpaired) electrons. The Bertz CT molecular complexity index is 140. The lowest BCUT2D eigenvalue weighted by Crippen LogP contribution is -2.26. The predicted molar refractivity (Wildman–Crippen MR) is 33.3 cm³/mol. The SMILES string of the molecule is NC1=NC=CN(Cl)C1. The summed E-state index contributed by atoms with van der Waals surface area (Å²) >= 11 is 5.50. The Morgan fingerprint density at radius 1 is 1.88 bits per heavy atom. The Kier molecular flexibility index (Phi) is 1.39. The first-order chi connectivity index (χ1) is 3.79. The highest BCUT2D eigenvalue weighted by atomic mass is 35.5. The largest absolute Gasteiger partial charge is 0.386 e. The van der Waals surface area contributed by atoms with Crippen LogP contribution in [0.1, 0.15) is 0 Å². The summed E-state index contributed by atoms with van der Waals surface area (Å²) in [6.07, 6.45) is 3.21. The quantitative estimate of drug-likeness (QED) is 0.480. The first kappa shape index (κ1) is 5.44. The molecule has 1 heterocycles. The molecule has 0 saturated carbocycles. The number of nitrogens with two attached hydrogens (primary N) is 1. The van der Waals surface area contributed by atoms with Crippen LogP contribution in [-0.2, 0) is 0 Å². The molecule has 0 bridgehead atoms.